The first-order chi connectivity index (χ1) is 12.2. The fourth-order valence-electron chi connectivity index (χ4n) is 1.94. The van der Waals surface area contributed by atoms with Crippen LogP contribution < -0.4 is 10.9 Å². The summed E-state index contributed by atoms with van der Waals surface area (Å²) >= 11 is 5.77. The van der Waals surface area contributed by atoms with Crippen molar-refractivity contribution in [3.05, 3.63) is 64.9 Å². The molecule has 0 unspecified atom stereocenters. The van der Waals surface area contributed by atoms with Gasteiger partial charge in [-0.25, -0.2) is 12.8 Å². The maximum Gasteiger partial charge on any atom is 0.269 e. The third-order valence-electron chi connectivity index (χ3n) is 3.29. The van der Waals surface area contributed by atoms with Crippen LogP contribution in [0.4, 0.5) is 4.39 Å². The number of halogens is 2. The Kier molecular flexibility index (Phi) is 6.30. The van der Waals surface area contributed by atoms with Gasteiger partial charge in [0.15, 0.2) is 0 Å². The Balaban J connectivity index is 1.94. The van der Waals surface area contributed by atoms with Gasteiger partial charge in [-0.1, -0.05) is 17.7 Å². The summed E-state index contributed by atoms with van der Waals surface area (Å²) in [6.07, 6.45) is 0. The molecule has 0 atom stereocenters. The second-order valence-electron chi connectivity index (χ2n) is 5.23. The number of amides is 2. The first kappa shape index (κ1) is 19.8. The highest BCUT2D eigenvalue weighted by Gasteiger charge is 2.23. The molecular weight excluding hydrogens is 385 g/mol. The van der Waals surface area contributed by atoms with Crippen molar-refractivity contribution >= 4 is 33.4 Å². The molecule has 2 rings (SSSR count). The van der Waals surface area contributed by atoms with E-state index in [-0.39, 0.29) is 10.5 Å². The van der Waals surface area contributed by atoms with Crippen molar-refractivity contribution in [2.24, 2.45) is 0 Å². The second kappa shape index (κ2) is 8.26. The van der Waals surface area contributed by atoms with E-state index >= 15 is 0 Å². The van der Waals surface area contributed by atoms with E-state index in [4.69, 9.17) is 11.6 Å². The number of rotatable bonds is 5. The van der Waals surface area contributed by atoms with E-state index in [2.05, 4.69) is 10.9 Å². The fourth-order valence-corrected chi connectivity index (χ4v) is 3.26. The Morgan fingerprint density at radius 1 is 1.12 bits per heavy atom. The molecule has 2 aromatic rings. The van der Waals surface area contributed by atoms with Gasteiger partial charge in [-0.3, -0.25) is 20.4 Å². The van der Waals surface area contributed by atoms with E-state index in [1.165, 1.54) is 19.2 Å². The first-order valence-electron chi connectivity index (χ1n) is 7.27. The summed E-state index contributed by atoms with van der Waals surface area (Å²) in [5.41, 5.74) is 4.51. The lowest BCUT2D eigenvalue weighted by atomic mass is 10.2. The van der Waals surface area contributed by atoms with Gasteiger partial charge < -0.3 is 0 Å². The average Bonchev–Trinajstić information content (AvgIpc) is 2.60. The Morgan fingerprint density at radius 3 is 2.38 bits per heavy atom. The van der Waals surface area contributed by atoms with Crippen molar-refractivity contribution in [1.29, 1.82) is 0 Å². The van der Waals surface area contributed by atoms with Gasteiger partial charge in [0.25, 0.3) is 11.8 Å². The maximum absolute atomic E-state index is 12.9. The van der Waals surface area contributed by atoms with Crippen LogP contribution in [0.25, 0.3) is 0 Å². The molecule has 2 amide bonds. The van der Waals surface area contributed by atoms with Crippen LogP contribution in [0.5, 0.6) is 0 Å². The van der Waals surface area contributed by atoms with E-state index < -0.39 is 34.2 Å². The number of hydrogen-bond donors (Lipinski definition) is 2. The highest BCUT2D eigenvalue weighted by atomic mass is 35.5. The maximum atomic E-state index is 12.9. The zero-order valence-electron chi connectivity index (χ0n) is 13.6. The number of carbonyl (C=O) groups is 2. The summed E-state index contributed by atoms with van der Waals surface area (Å²) in [5.74, 6) is -1.94. The van der Waals surface area contributed by atoms with Crippen LogP contribution in [0.2, 0.25) is 5.02 Å². The molecule has 0 saturated carbocycles. The first-order valence-corrected chi connectivity index (χ1v) is 9.08. The quantitative estimate of drug-likeness (QED) is 0.746. The van der Waals surface area contributed by atoms with Gasteiger partial charge in [0.05, 0.1) is 11.4 Å². The van der Waals surface area contributed by atoms with E-state index in [9.17, 15) is 22.4 Å². The number of nitrogens with zero attached hydrogens (tertiary/aromatic N) is 1. The van der Waals surface area contributed by atoms with Gasteiger partial charge >= 0.3 is 0 Å². The van der Waals surface area contributed by atoms with Crippen LogP contribution in [-0.4, -0.2) is 38.1 Å². The topological polar surface area (TPSA) is 95.6 Å². The molecule has 0 aromatic heterocycles. The smallest absolute Gasteiger partial charge is 0.269 e. The zero-order chi connectivity index (χ0) is 19.3. The predicted octanol–water partition coefficient (Wildman–Crippen LogP) is 1.56. The third kappa shape index (κ3) is 5.01. The predicted molar refractivity (Wildman–Crippen MR) is 93.3 cm³/mol. The molecule has 0 aliphatic carbocycles. The standard InChI is InChI=1S/C16H15ClFN3O4S/c1-21(26(24,25)14-7-5-13(18)6-8-14)10-15(22)19-20-16(23)11-3-2-4-12(17)9-11/h2-9H,10H2,1H3,(H,19,22)(H,20,23). The van der Waals surface area contributed by atoms with Gasteiger partial charge in [-0.05, 0) is 42.5 Å². The molecular formula is C16H15ClFN3O4S. The number of carbonyl (C=O) groups excluding carboxylic acids is 2. The highest BCUT2D eigenvalue weighted by Crippen LogP contribution is 2.14. The lowest BCUT2D eigenvalue weighted by molar-refractivity contribution is -0.121. The van der Waals surface area contributed by atoms with Crippen LogP contribution >= 0.6 is 11.6 Å². The molecule has 0 heterocycles. The van der Waals surface area contributed by atoms with Crippen LogP contribution in [-0.2, 0) is 14.8 Å². The van der Waals surface area contributed by atoms with Gasteiger partial charge in [-0.2, -0.15) is 4.31 Å². The summed E-state index contributed by atoms with van der Waals surface area (Å²) in [5, 5.41) is 0.356. The van der Waals surface area contributed by atoms with Crippen molar-refractivity contribution in [3.8, 4) is 0 Å². The summed E-state index contributed by atoms with van der Waals surface area (Å²) in [7, 11) is -2.78. The minimum Gasteiger partial charge on any atom is -0.272 e. The van der Waals surface area contributed by atoms with Gasteiger partial charge in [0, 0.05) is 17.6 Å². The number of hydrogen-bond acceptors (Lipinski definition) is 4. The molecule has 0 aliphatic rings. The van der Waals surface area contributed by atoms with Crippen LogP contribution in [0.3, 0.4) is 0 Å². The lowest BCUT2D eigenvalue weighted by Crippen LogP contribution is -2.46. The third-order valence-corrected chi connectivity index (χ3v) is 5.34. The summed E-state index contributed by atoms with van der Waals surface area (Å²) < 4.78 is 38.3. The van der Waals surface area contributed by atoms with Crippen molar-refractivity contribution in [1.82, 2.24) is 15.2 Å². The molecule has 138 valence electrons. The molecule has 2 N–H and O–H groups in total. The number of benzene rings is 2. The highest BCUT2D eigenvalue weighted by molar-refractivity contribution is 7.89. The van der Waals surface area contributed by atoms with Crippen LogP contribution in [0.15, 0.2) is 53.4 Å². The molecule has 0 fully saturated rings. The Morgan fingerprint density at radius 2 is 1.77 bits per heavy atom. The van der Waals surface area contributed by atoms with Gasteiger partial charge in [0.2, 0.25) is 10.0 Å². The molecule has 0 saturated heterocycles. The molecule has 0 aliphatic heterocycles. The number of nitrogens with one attached hydrogen (secondary N) is 2. The van der Waals surface area contributed by atoms with E-state index in [0.717, 1.165) is 28.6 Å². The largest absolute Gasteiger partial charge is 0.272 e. The lowest BCUT2D eigenvalue weighted by Gasteiger charge is -2.17. The molecule has 26 heavy (non-hydrogen) atoms. The van der Waals surface area contributed by atoms with Crippen LogP contribution in [0.1, 0.15) is 10.4 Å². The molecule has 10 heteroatoms. The summed E-state index contributed by atoms with van der Waals surface area (Å²) in [6, 6.07) is 10.3. The molecule has 0 spiro atoms. The summed E-state index contributed by atoms with van der Waals surface area (Å²) in [6.45, 7) is -0.546. The van der Waals surface area contributed by atoms with Crippen molar-refractivity contribution in [2.75, 3.05) is 13.6 Å². The second-order valence-corrected chi connectivity index (χ2v) is 7.71. The Hall–Kier alpha value is -2.49. The Bertz CT molecular complexity index is 919. The van der Waals surface area contributed by atoms with E-state index in [1.807, 2.05) is 0 Å². The Labute approximate surface area is 154 Å². The number of hydrazine groups is 1. The van der Waals surface area contributed by atoms with E-state index in [0.29, 0.717) is 5.02 Å². The summed E-state index contributed by atoms with van der Waals surface area (Å²) in [4.78, 5) is 23.6. The van der Waals surface area contributed by atoms with Crippen molar-refractivity contribution in [3.63, 3.8) is 0 Å². The molecule has 0 bridgehead atoms. The zero-order valence-corrected chi connectivity index (χ0v) is 15.1. The SMILES string of the molecule is CN(CC(=O)NNC(=O)c1cccc(Cl)c1)S(=O)(=O)c1ccc(F)cc1. The number of sulfonamides is 1. The normalized spacial score (nSPS) is 11.2. The molecule has 7 nitrogen and oxygen atoms in total. The fraction of sp³-hybridized carbons (Fsp3) is 0.125. The number of likely N-dealkylation sites (N-methyl/N-ethyl adjacent to an activating group) is 1. The van der Waals surface area contributed by atoms with Gasteiger partial charge in [0.1, 0.15) is 5.82 Å². The minimum atomic E-state index is -3.97. The van der Waals surface area contributed by atoms with Crippen LogP contribution in [0, 0.1) is 5.82 Å². The van der Waals surface area contributed by atoms with E-state index in [1.54, 1.807) is 12.1 Å². The molecule has 2 aromatic carbocycles. The van der Waals surface area contributed by atoms with Gasteiger partial charge in [-0.15, -0.1) is 0 Å². The average molecular weight is 400 g/mol. The van der Waals surface area contributed by atoms with Crippen molar-refractivity contribution in [2.45, 2.75) is 4.90 Å². The van der Waals surface area contributed by atoms with Crippen molar-refractivity contribution < 1.29 is 22.4 Å². The monoisotopic (exact) mass is 399 g/mol. The molecule has 0 radical (unpaired) electrons. The minimum absolute atomic E-state index is 0.155.